The zero-order chi connectivity index (χ0) is 22.2. The van der Waals surface area contributed by atoms with Gasteiger partial charge in [-0.3, -0.25) is 9.59 Å². The fraction of sp³-hybridized carbons (Fsp3) is 0.522. The number of carbonyl (C=O) groups is 2. The van der Waals surface area contributed by atoms with E-state index in [-0.39, 0.29) is 19.4 Å². The standard InChI is InChI=1S/C23H28N2O5S/c1-14(2)10-28-11-17-9-23(19(26)29-17)13-22(4,30-20(23)27)18-12-31-21(25-18)24-16-7-5-15(3)6-8-16/h5-8,12,14,17H,9-11,13H2,1-4H3,(H,24,25)/t17-,22-,23-/m1/s1. The predicted molar refractivity (Wildman–Crippen MR) is 117 cm³/mol. The average Bonchev–Trinajstić information content (AvgIpc) is 3.36. The Labute approximate surface area is 186 Å². The summed E-state index contributed by atoms with van der Waals surface area (Å²) in [6.07, 6.45) is 0.0542. The van der Waals surface area contributed by atoms with Gasteiger partial charge in [-0.25, -0.2) is 4.98 Å². The Kier molecular flexibility index (Phi) is 5.79. The van der Waals surface area contributed by atoms with Gasteiger partial charge in [-0.2, -0.15) is 0 Å². The van der Waals surface area contributed by atoms with E-state index in [9.17, 15) is 9.59 Å². The maximum Gasteiger partial charge on any atom is 0.324 e. The van der Waals surface area contributed by atoms with Crippen LogP contribution in [0.3, 0.4) is 0 Å². The van der Waals surface area contributed by atoms with Crippen LogP contribution in [-0.4, -0.2) is 36.2 Å². The molecule has 1 N–H and O–H groups in total. The molecule has 2 fully saturated rings. The van der Waals surface area contributed by atoms with Gasteiger partial charge in [0.2, 0.25) is 0 Å². The van der Waals surface area contributed by atoms with Gasteiger partial charge in [-0.15, -0.1) is 11.3 Å². The number of aryl methyl sites for hydroxylation is 1. The molecule has 1 aromatic carbocycles. The highest BCUT2D eigenvalue weighted by molar-refractivity contribution is 7.13. The molecular weight excluding hydrogens is 416 g/mol. The van der Waals surface area contributed by atoms with Crippen molar-refractivity contribution in [1.82, 2.24) is 4.98 Å². The minimum Gasteiger partial charge on any atom is -0.459 e. The van der Waals surface area contributed by atoms with E-state index in [4.69, 9.17) is 14.2 Å². The zero-order valence-electron chi connectivity index (χ0n) is 18.3. The van der Waals surface area contributed by atoms with E-state index in [0.717, 1.165) is 5.69 Å². The van der Waals surface area contributed by atoms with E-state index >= 15 is 0 Å². The Bertz CT molecular complexity index is 973. The molecule has 4 rings (SSSR count). The Balaban J connectivity index is 1.46. The lowest BCUT2D eigenvalue weighted by atomic mass is 9.78. The number of benzene rings is 1. The van der Waals surface area contributed by atoms with Crippen molar-refractivity contribution in [2.75, 3.05) is 18.5 Å². The molecule has 0 bridgehead atoms. The smallest absolute Gasteiger partial charge is 0.324 e. The first-order valence-corrected chi connectivity index (χ1v) is 11.4. The third-order valence-electron chi connectivity index (χ3n) is 5.69. The molecular formula is C23H28N2O5S. The number of hydrogen-bond donors (Lipinski definition) is 1. The summed E-state index contributed by atoms with van der Waals surface area (Å²) in [5.41, 5.74) is 0.477. The molecule has 2 saturated heterocycles. The number of nitrogens with zero attached hydrogens (tertiary/aromatic N) is 1. The molecule has 2 aliphatic rings. The van der Waals surface area contributed by atoms with Crippen molar-refractivity contribution in [1.29, 1.82) is 0 Å². The molecule has 2 aliphatic heterocycles. The van der Waals surface area contributed by atoms with Crippen molar-refractivity contribution < 1.29 is 23.8 Å². The highest BCUT2D eigenvalue weighted by Crippen LogP contribution is 2.52. The second-order valence-electron chi connectivity index (χ2n) is 9.07. The minimum absolute atomic E-state index is 0.214. The molecule has 0 radical (unpaired) electrons. The SMILES string of the molecule is Cc1ccc(Nc2nc([C@@]3(C)C[C@@]4(C[C@H](COCC(C)C)OC4=O)C(=O)O3)cs2)cc1. The van der Waals surface area contributed by atoms with Gasteiger partial charge >= 0.3 is 11.9 Å². The number of nitrogens with one attached hydrogen (secondary N) is 1. The molecule has 31 heavy (non-hydrogen) atoms. The van der Waals surface area contributed by atoms with Gasteiger partial charge in [-0.05, 0) is 31.9 Å². The van der Waals surface area contributed by atoms with Crippen LogP contribution >= 0.6 is 11.3 Å². The zero-order valence-corrected chi connectivity index (χ0v) is 19.1. The van der Waals surface area contributed by atoms with E-state index in [1.165, 1.54) is 16.9 Å². The van der Waals surface area contributed by atoms with Crippen LogP contribution in [0.4, 0.5) is 10.8 Å². The summed E-state index contributed by atoms with van der Waals surface area (Å²) in [5.74, 6) is -0.668. The summed E-state index contributed by atoms with van der Waals surface area (Å²) in [7, 11) is 0. The van der Waals surface area contributed by atoms with Gasteiger partial charge in [0.25, 0.3) is 0 Å². The number of cyclic esters (lactones) is 2. The average molecular weight is 445 g/mol. The third kappa shape index (κ3) is 4.32. The molecule has 7 nitrogen and oxygen atoms in total. The Morgan fingerprint density at radius 2 is 2.00 bits per heavy atom. The topological polar surface area (TPSA) is 86.8 Å². The van der Waals surface area contributed by atoms with Crippen LogP contribution < -0.4 is 5.32 Å². The van der Waals surface area contributed by atoms with E-state index in [0.29, 0.717) is 23.4 Å². The molecule has 2 aromatic rings. The van der Waals surface area contributed by atoms with Crippen LogP contribution in [0, 0.1) is 18.3 Å². The number of ether oxygens (including phenoxy) is 3. The molecule has 0 aliphatic carbocycles. The van der Waals surface area contributed by atoms with Crippen molar-refractivity contribution in [2.24, 2.45) is 11.3 Å². The molecule has 8 heteroatoms. The third-order valence-corrected chi connectivity index (χ3v) is 6.45. The highest BCUT2D eigenvalue weighted by atomic mass is 32.1. The summed E-state index contributed by atoms with van der Waals surface area (Å²) in [6.45, 7) is 8.82. The Morgan fingerprint density at radius 3 is 2.71 bits per heavy atom. The number of esters is 2. The van der Waals surface area contributed by atoms with E-state index < -0.39 is 29.1 Å². The number of rotatable bonds is 7. The first kappa shape index (κ1) is 21.8. The van der Waals surface area contributed by atoms with Gasteiger partial charge in [0, 0.05) is 30.5 Å². The van der Waals surface area contributed by atoms with E-state index in [2.05, 4.69) is 24.1 Å². The summed E-state index contributed by atoms with van der Waals surface area (Å²) < 4.78 is 16.8. The van der Waals surface area contributed by atoms with E-state index in [1.54, 1.807) is 6.92 Å². The summed E-state index contributed by atoms with van der Waals surface area (Å²) >= 11 is 1.43. The number of anilines is 2. The van der Waals surface area contributed by atoms with Crippen LogP contribution in [0.5, 0.6) is 0 Å². The first-order valence-electron chi connectivity index (χ1n) is 10.5. The fourth-order valence-electron chi connectivity index (χ4n) is 4.08. The first-order chi connectivity index (χ1) is 14.7. The van der Waals surface area contributed by atoms with Gasteiger partial charge in [0.15, 0.2) is 16.1 Å². The van der Waals surface area contributed by atoms with Crippen molar-refractivity contribution >= 4 is 34.1 Å². The van der Waals surface area contributed by atoms with Gasteiger partial charge in [-0.1, -0.05) is 31.5 Å². The second-order valence-corrected chi connectivity index (χ2v) is 9.93. The quantitative estimate of drug-likeness (QED) is 0.502. The maximum absolute atomic E-state index is 12.9. The maximum atomic E-state index is 12.9. The van der Waals surface area contributed by atoms with Crippen LogP contribution in [0.1, 0.15) is 44.9 Å². The van der Waals surface area contributed by atoms with Crippen LogP contribution in [0.25, 0.3) is 0 Å². The lowest BCUT2D eigenvalue weighted by Gasteiger charge is -2.20. The highest BCUT2D eigenvalue weighted by Gasteiger charge is 2.65. The molecule has 0 saturated carbocycles. The van der Waals surface area contributed by atoms with Crippen LogP contribution in [0.2, 0.25) is 0 Å². The Morgan fingerprint density at radius 1 is 1.26 bits per heavy atom. The number of thiazole rings is 1. The van der Waals surface area contributed by atoms with Gasteiger partial charge in [0.1, 0.15) is 6.10 Å². The Hall–Kier alpha value is -2.45. The summed E-state index contributed by atoms with van der Waals surface area (Å²) in [6, 6.07) is 8.01. The monoisotopic (exact) mass is 444 g/mol. The van der Waals surface area contributed by atoms with Crippen molar-refractivity contribution in [2.45, 2.75) is 52.2 Å². The normalized spacial score (nSPS) is 27.7. The van der Waals surface area contributed by atoms with Crippen molar-refractivity contribution in [3.8, 4) is 0 Å². The number of aromatic nitrogens is 1. The second kappa shape index (κ2) is 8.24. The minimum atomic E-state index is -1.28. The molecule has 1 aromatic heterocycles. The molecule has 0 unspecified atom stereocenters. The van der Waals surface area contributed by atoms with E-state index in [1.807, 2.05) is 36.6 Å². The van der Waals surface area contributed by atoms with Crippen LogP contribution in [0.15, 0.2) is 29.6 Å². The number of hydrogen-bond acceptors (Lipinski definition) is 8. The molecule has 3 heterocycles. The summed E-state index contributed by atoms with van der Waals surface area (Å²) in [4.78, 5) is 30.2. The lowest BCUT2D eigenvalue weighted by molar-refractivity contribution is -0.160. The fourth-order valence-corrected chi connectivity index (χ4v) is 4.93. The molecule has 166 valence electrons. The van der Waals surface area contributed by atoms with Gasteiger partial charge < -0.3 is 19.5 Å². The molecule has 1 spiro atoms. The largest absolute Gasteiger partial charge is 0.459 e. The number of carbonyl (C=O) groups excluding carboxylic acids is 2. The molecule has 0 amide bonds. The molecule has 3 atom stereocenters. The van der Waals surface area contributed by atoms with Crippen molar-refractivity contribution in [3.05, 3.63) is 40.9 Å². The van der Waals surface area contributed by atoms with Gasteiger partial charge in [0.05, 0.1) is 12.3 Å². The summed E-state index contributed by atoms with van der Waals surface area (Å²) in [5, 5.41) is 5.84. The van der Waals surface area contributed by atoms with Crippen LogP contribution in [-0.2, 0) is 29.4 Å². The lowest BCUT2D eigenvalue weighted by Crippen LogP contribution is -2.32. The van der Waals surface area contributed by atoms with Crippen molar-refractivity contribution in [3.63, 3.8) is 0 Å². The predicted octanol–water partition coefficient (Wildman–Crippen LogP) is 4.33.